The molecule has 0 aliphatic rings. The molecule has 2 aromatic heterocycles. The highest BCUT2D eigenvalue weighted by Crippen LogP contribution is 2.25. The lowest BCUT2D eigenvalue weighted by Crippen LogP contribution is -2.26. The lowest BCUT2D eigenvalue weighted by atomic mass is 9.97. The summed E-state index contributed by atoms with van der Waals surface area (Å²) in [6.45, 7) is 19.1. The van der Waals surface area contributed by atoms with Crippen LogP contribution in [-0.4, -0.2) is 27.7 Å². The SMILES string of the molecule is CCCCc1c(C(C)CC)nc2c(=Nc3ccc(N(CC)CC)cc3C)/c(=C(/C)CC)[nH]n2c1=O. The Kier molecular flexibility index (Phi) is 8.92. The van der Waals surface area contributed by atoms with Crippen molar-refractivity contribution in [2.75, 3.05) is 18.0 Å². The molecule has 1 unspecified atom stereocenters. The molecule has 1 aromatic carbocycles. The molecule has 0 saturated heterocycles. The third-order valence-corrected chi connectivity index (χ3v) is 7.24. The number of H-pyrrole nitrogens is 1. The van der Waals surface area contributed by atoms with Gasteiger partial charge < -0.3 is 4.90 Å². The summed E-state index contributed by atoms with van der Waals surface area (Å²) in [5, 5.41) is 5.03. The third-order valence-electron chi connectivity index (χ3n) is 7.24. The zero-order chi connectivity index (χ0) is 25.7. The standard InChI is InChI=1S/C29H43N5O/c1-9-14-15-23-25(19(6)10-2)31-28-27(26(20(7)11-3)32-34(28)29(23)35)30-24-17-16-22(18-21(24)8)33(12-4)13-5/h16-19,32H,9-15H2,1-8H3/b26-20+,30-27?. The summed E-state index contributed by atoms with van der Waals surface area (Å²) in [7, 11) is 0. The van der Waals surface area contributed by atoms with Gasteiger partial charge in [-0.15, -0.1) is 0 Å². The van der Waals surface area contributed by atoms with Crippen LogP contribution in [0.1, 0.15) is 96.9 Å². The molecule has 6 heteroatoms. The monoisotopic (exact) mass is 477 g/mol. The summed E-state index contributed by atoms with van der Waals surface area (Å²) in [6.07, 6.45) is 4.59. The van der Waals surface area contributed by atoms with Crippen LogP contribution in [0.3, 0.4) is 0 Å². The van der Waals surface area contributed by atoms with Gasteiger partial charge in [-0.05, 0) is 88.6 Å². The molecule has 0 spiro atoms. The van der Waals surface area contributed by atoms with Crippen molar-refractivity contribution in [3.8, 4) is 0 Å². The Hall–Kier alpha value is -2.89. The van der Waals surface area contributed by atoms with Gasteiger partial charge >= 0.3 is 0 Å². The van der Waals surface area contributed by atoms with E-state index in [1.165, 1.54) is 5.69 Å². The Labute approximate surface area is 209 Å². The molecule has 0 amide bonds. The molecule has 0 aliphatic heterocycles. The Balaban J connectivity index is 2.38. The van der Waals surface area contributed by atoms with Crippen molar-refractivity contribution in [1.29, 1.82) is 0 Å². The van der Waals surface area contributed by atoms with Crippen molar-refractivity contribution in [2.24, 2.45) is 4.99 Å². The number of nitrogens with one attached hydrogen (secondary N) is 1. The molecule has 1 N–H and O–H groups in total. The van der Waals surface area contributed by atoms with E-state index in [0.717, 1.165) is 84.0 Å². The van der Waals surface area contributed by atoms with Gasteiger partial charge in [-0.25, -0.2) is 9.98 Å². The second-order valence-corrected chi connectivity index (χ2v) is 9.58. The number of aryl methyl sites for hydroxylation is 1. The van der Waals surface area contributed by atoms with Crippen molar-refractivity contribution in [1.82, 2.24) is 14.6 Å². The van der Waals surface area contributed by atoms with Gasteiger partial charge in [0.1, 0.15) is 5.36 Å². The molecular formula is C29H43N5O. The predicted molar refractivity (Wildman–Crippen MR) is 148 cm³/mol. The van der Waals surface area contributed by atoms with Crippen LogP contribution in [0.15, 0.2) is 28.0 Å². The number of nitrogens with zero attached hydrogens (tertiary/aromatic N) is 4. The van der Waals surface area contributed by atoms with E-state index >= 15 is 0 Å². The average Bonchev–Trinajstić information content (AvgIpc) is 3.23. The maximum atomic E-state index is 13.7. The van der Waals surface area contributed by atoms with Crippen LogP contribution in [0.25, 0.3) is 11.2 Å². The maximum absolute atomic E-state index is 13.7. The smallest absolute Gasteiger partial charge is 0.276 e. The van der Waals surface area contributed by atoms with Crippen LogP contribution in [-0.2, 0) is 6.42 Å². The van der Waals surface area contributed by atoms with Gasteiger partial charge in [-0.1, -0.05) is 34.1 Å². The largest absolute Gasteiger partial charge is 0.372 e. The number of unbranched alkanes of at least 4 members (excludes halogenated alkanes) is 1. The summed E-state index contributed by atoms with van der Waals surface area (Å²) >= 11 is 0. The van der Waals surface area contributed by atoms with Crippen LogP contribution in [0.2, 0.25) is 0 Å². The molecular weight excluding hydrogens is 434 g/mol. The van der Waals surface area contributed by atoms with Crippen LogP contribution in [0.5, 0.6) is 0 Å². The van der Waals surface area contributed by atoms with Gasteiger partial charge in [-0.2, -0.15) is 4.52 Å². The molecule has 0 aliphatic carbocycles. The predicted octanol–water partition coefficient (Wildman–Crippen LogP) is 5.57. The molecule has 1 atom stereocenters. The highest BCUT2D eigenvalue weighted by atomic mass is 16.1. The van der Waals surface area contributed by atoms with E-state index in [0.29, 0.717) is 5.65 Å². The van der Waals surface area contributed by atoms with Crippen LogP contribution in [0, 0.1) is 6.92 Å². The minimum atomic E-state index is 0.0129. The van der Waals surface area contributed by atoms with Gasteiger partial charge in [0.05, 0.1) is 16.7 Å². The molecule has 35 heavy (non-hydrogen) atoms. The Morgan fingerprint density at radius 3 is 2.46 bits per heavy atom. The number of aromatic amines is 1. The maximum Gasteiger partial charge on any atom is 0.276 e. The van der Waals surface area contributed by atoms with E-state index < -0.39 is 0 Å². The average molecular weight is 478 g/mol. The molecule has 2 heterocycles. The third kappa shape index (κ3) is 5.36. The first-order valence-corrected chi connectivity index (χ1v) is 13.4. The first kappa shape index (κ1) is 26.7. The topological polar surface area (TPSA) is 65.8 Å². The zero-order valence-corrected chi connectivity index (χ0v) is 23.0. The number of anilines is 1. The minimum Gasteiger partial charge on any atom is -0.372 e. The van der Waals surface area contributed by atoms with Gasteiger partial charge in [0.15, 0.2) is 5.65 Å². The highest BCUT2D eigenvalue weighted by molar-refractivity contribution is 5.58. The molecule has 0 fully saturated rings. The van der Waals surface area contributed by atoms with Crippen molar-refractivity contribution in [3.63, 3.8) is 0 Å². The quantitative estimate of drug-likeness (QED) is 0.415. The number of aromatic nitrogens is 3. The van der Waals surface area contributed by atoms with Gasteiger partial charge in [0, 0.05) is 24.3 Å². The van der Waals surface area contributed by atoms with Crippen molar-refractivity contribution in [3.05, 3.63) is 56.1 Å². The zero-order valence-electron chi connectivity index (χ0n) is 23.0. The first-order chi connectivity index (χ1) is 16.8. The van der Waals surface area contributed by atoms with Crippen LogP contribution >= 0.6 is 0 Å². The fraction of sp³-hybridized carbons (Fsp3) is 0.552. The van der Waals surface area contributed by atoms with E-state index in [2.05, 4.69) is 83.6 Å². The molecule has 0 bridgehead atoms. The summed E-state index contributed by atoms with van der Waals surface area (Å²) in [6, 6.07) is 6.42. The molecule has 3 aromatic rings. The van der Waals surface area contributed by atoms with E-state index in [1.807, 2.05) is 0 Å². The fourth-order valence-electron chi connectivity index (χ4n) is 4.55. The second kappa shape index (κ2) is 11.7. The molecule has 3 rings (SSSR count). The lowest BCUT2D eigenvalue weighted by Gasteiger charge is -2.21. The van der Waals surface area contributed by atoms with Crippen molar-refractivity contribution >= 4 is 22.6 Å². The van der Waals surface area contributed by atoms with E-state index in [9.17, 15) is 4.79 Å². The molecule has 190 valence electrons. The van der Waals surface area contributed by atoms with Gasteiger partial charge in [0.25, 0.3) is 5.56 Å². The first-order valence-electron chi connectivity index (χ1n) is 13.4. The number of hydrogen-bond donors (Lipinski definition) is 1. The highest BCUT2D eigenvalue weighted by Gasteiger charge is 2.19. The van der Waals surface area contributed by atoms with Crippen LogP contribution in [0.4, 0.5) is 11.4 Å². The summed E-state index contributed by atoms with van der Waals surface area (Å²) < 4.78 is 1.63. The number of fused-ring (bicyclic) bond motifs is 1. The fourth-order valence-corrected chi connectivity index (χ4v) is 4.55. The lowest BCUT2D eigenvalue weighted by molar-refractivity contribution is 0.669. The Morgan fingerprint density at radius 2 is 1.89 bits per heavy atom. The van der Waals surface area contributed by atoms with E-state index in [-0.39, 0.29) is 11.5 Å². The molecule has 0 radical (unpaired) electrons. The second-order valence-electron chi connectivity index (χ2n) is 9.58. The van der Waals surface area contributed by atoms with Gasteiger partial charge in [0.2, 0.25) is 0 Å². The Bertz CT molecular complexity index is 1340. The van der Waals surface area contributed by atoms with Crippen LogP contribution < -0.4 is 21.2 Å². The van der Waals surface area contributed by atoms with Crippen molar-refractivity contribution in [2.45, 2.75) is 93.4 Å². The molecule has 6 nitrogen and oxygen atoms in total. The van der Waals surface area contributed by atoms with E-state index in [1.54, 1.807) is 4.52 Å². The van der Waals surface area contributed by atoms with E-state index in [4.69, 9.17) is 9.98 Å². The number of hydrogen-bond acceptors (Lipinski definition) is 4. The summed E-state index contributed by atoms with van der Waals surface area (Å²) in [4.78, 5) is 26.3. The minimum absolute atomic E-state index is 0.0129. The number of benzene rings is 1. The Morgan fingerprint density at radius 1 is 1.17 bits per heavy atom. The molecule has 0 saturated carbocycles. The van der Waals surface area contributed by atoms with Crippen molar-refractivity contribution < 1.29 is 0 Å². The normalized spacial score (nSPS) is 14.0. The summed E-state index contributed by atoms with van der Waals surface area (Å²) in [5.41, 5.74) is 6.78. The summed E-state index contributed by atoms with van der Waals surface area (Å²) in [5.74, 6) is 0.220. The number of rotatable bonds is 10. The van der Waals surface area contributed by atoms with Gasteiger partial charge in [-0.3, -0.25) is 9.89 Å².